The predicted molar refractivity (Wildman–Crippen MR) is 80.5 cm³/mol. The number of hydrogen-bond acceptors (Lipinski definition) is 3. The predicted octanol–water partition coefficient (Wildman–Crippen LogP) is 3.23. The normalized spacial score (nSPS) is 19.5. The van der Waals surface area contributed by atoms with Gasteiger partial charge in [0.05, 0.1) is 11.5 Å². The molecule has 2 unspecified atom stereocenters. The molecule has 112 valence electrons. The van der Waals surface area contributed by atoms with E-state index in [1.165, 1.54) is 0 Å². The SMILES string of the molecule is O=C(OCc1ccccc1)c1cccc(C2CC2C(=O)O)c1. The topological polar surface area (TPSA) is 63.6 Å². The van der Waals surface area contributed by atoms with Crippen molar-refractivity contribution in [2.75, 3.05) is 0 Å². The number of hydrogen-bond donors (Lipinski definition) is 1. The summed E-state index contributed by atoms with van der Waals surface area (Å²) in [5, 5.41) is 8.98. The molecule has 2 aromatic carbocycles. The van der Waals surface area contributed by atoms with E-state index in [0.717, 1.165) is 11.1 Å². The van der Waals surface area contributed by atoms with Gasteiger partial charge in [-0.25, -0.2) is 4.79 Å². The first-order valence-electron chi connectivity index (χ1n) is 7.19. The van der Waals surface area contributed by atoms with Crippen molar-refractivity contribution in [2.24, 2.45) is 5.92 Å². The summed E-state index contributed by atoms with van der Waals surface area (Å²) in [5.74, 6) is -1.48. The third-order valence-corrected chi connectivity index (χ3v) is 3.87. The van der Waals surface area contributed by atoms with Gasteiger partial charge in [0.15, 0.2) is 0 Å². The van der Waals surface area contributed by atoms with Crippen molar-refractivity contribution in [3.05, 3.63) is 71.3 Å². The van der Waals surface area contributed by atoms with Gasteiger partial charge in [-0.1, -0.05) is 42.5 Å². The van der Waals surface area contributed by atoms with Crippen LogP contribution in [0.3, 0.4) is 0 Å². The molecule has 3 rings (SSSR count). The molecular weight excluding hydrogens is 280 g/mol. The van der Waals surface area contributed by atoms with Crippen LogP contribution in [0.15, 0.2) is 54.6 Å². The average Bonchev–Trinajstić information content (AvgIpc) is 3.35. The molecule has 0 amide bonds. The Morgan fingerprint density at radius 1 is 1.09 bits per heavy atom. The molecule has 22 heavy (non-hydrogen) atoms. The van der Waals surface area contributed by atoms with Crippen molar-refractivity contribution < 1.29 is 19.4 Å². The van der Waals surface area contributed by atoms with Gasteiger partial charge in [0, 0.05) is 0 Å². The lowest BCUT2D eigenvalue weighted by molar-refractivity contribution is -0.138. The molecule has 4 heteroatoms. The maximum Gasteiger partial charge on any atom is 0.338 e. The highest BCUT2D eigenvalue weighted by molar-refractivity contribution is 5.89. The summed E-state index contributed by atoms with van der Waals surface area (Å²) >= 11 is 0. The highest BCUT2D eigenvalue weighted by atomic mass is 16.5. The Morgan fingerprint density at radius 3 is 2.55 bits per heavy atom. The van der Waals surface area contributed by atoms with Gasteiger partial charge < -0.3 is 9.84 Å². The molecule has 0 bridgehead atoms. The van der Waals surface area contributed by atoms with Crippen molar-refractivity contribution >= 4 is 11.9 Å². The number of esters is 1. The van der Waals surface area contributed by atoms with Gasteiger partial charge in [-0.15, -0.1) is 0 Å². The molecule has 0 aliphatic heterocycles. The maximum atomic E-state index is 12.1. The standard InChI is InChI=1S/C18H16O4/c19-17(20)16-10-15(16)13-7-4-8-14(9-13)18(21)22-11-12-5-2-1-3-6-12/h1-9,15-16H,10-11H2,(H,19,20). The summed E-state index contributed by atoms with van der Waals surface area (Å²) < 4.78 is 5.29. The van der Waals surface area contributed by atoms with Crippen molar-refractivity contribution in [1.82, 2.24) is 0 Å². The van der Waals surface area contributed by atoms with Crippen LogP contribution in [0.1, 0.15) is 33.8 Å². The van der Waals surface area contributed by atoms with Crippen molar-refractivity contribution in [3.63, 3.8) is 0 Å². The van der Waals surface area contributed by atoms with Crippen LogP contribution in [0.4, 0.5) is 0 Å². The monoisotopic (exact) mass is 296 g/mol. The molecule has 1 N–H and O–H groups in total. The second-order valence-corrected chi connectivity index (χ2v) is 5.47. The molecule has 1 saturated carbocycles. The van der Waals surface area contributed by atoms with E-state index in [1.54, 1.807) is 18.2 Å². The fourth-order valence-corrected chi connectivity index (χ4v) is 2.54. The summed E-state index contributed by atoms with van der Waals surface area (Å²) in [7, 11) is 0. The third kappa shape index (κ3) is 3.17. The van der Waals surface area contributed by atoms with Crippen molar-refractivity contribution in [3.8, 4) is 0 Å². The Balaban J connectivity index is 1.65. The highest BCUT2D eigenvalue weighted by Gasteiger charge is 2.44. The molecule has 0 saturated heterocycles. The minimum Gasteiger partial charge on any atom is -0.481 e. The van der Waals surface area contributed by atoms with Gasteiger partial charge in [0.25, 0.3) is 0 Å². The van der Waals surface area contributed by atoms with E-state index in [9.17, 15) is 9.59 Å². The van der Waals surface area contributed by atoms with Crippen LogP contribution in [-0.2, 0) is 16.1 Å². The number of aliphatic carboxylic acids is 1. The summed E-state index contributed by atoms with van der Waals surface area (Å²) in [6, 6.07) is 16.5. The van der Waals surface area contributed by atoms with Gasteiger partial charge >= 0.3 is 11.9 Å². The largest absolute Gasteiger partial charge is 0.481 e. The van der Waals surface area contributed by atoms with Gasteiger partial charge in [0.1, 0.15) is 6.61 Å². The molecule has 0 heterocycles. The fraction of sp³-hybridized carbons (Fsp3) is 0.222. The molecule has 1 aliphatic rings. The van der Waals surface area contributed by atoms with Crippen molar-refractivity contribution in [2.45, 2.75) is 18.9 Å². The summed E-state index contributed by atoms with van der Waals surface area (Å²) in [5.41, 5.74) is 2.28. The van der Waals surface area contributed by atoms with Crippen LogP contribution < -0.4 is 0 Å². The number of carboxylic acids is 1. The number of rotatable bonds is 5. The first-order valence-corrected chi connectivity index (χ1v) is 7.19. The lowest BCUT2D eigenvalue weighted by Crippen LogP contribution is -2.06. The Morgan fingerprint density at radius 2 is 1.86 bits per heavy atom. The molecular formula is C18H16O4. The smallest absolute Gasteiger partial charge is 0.338 e. The van der Waals surface area contributed by atoms with E-state index in [1.807, 2.05) is 36.4 Å². The zero-order chi connectivity index (χ0) is 15.5. The Labute approximate surface area is 128 Å². The lowest BCUT2D eigenvalue weighted by Gasteiger charge is -2.06. The van der Waals surface area contributed by atoms with E-state index in [4.69, 9.17) is 9.84 Å². The minimum atomic E-state index is -0.776. The van der Waals surface area contributed by atoms with Crippen LogP contribution in [0, 0.1) is 5.92 Å². The Kier molecular flexibility index (Phi) is 3.92. The van der Waals surface area contributed by atoms with Gasteiger partial charge in [-0.2, -0.15) is 0 Å². The van der Waals surface area contributed by atoms with Gasteiger partial charge in [-0.3, -0.25) is 4.79 Å². The van der Waals surface area contributed by atoms with E-state index in [0.29, 0.717) is 12.0 Å². The van der Waals surface area contributed by atoms with E-state index >= 15 is 0 Å². The quantitative estimate of drug-likeness (QED) is 0.860. The maximum absolute atomic E-state index is 12.1. The molecule has 0 aromatic heterocycles. The first-order chi connectivity index (χ1) is 10.6. The van der Waals surface area contributed by atoms with Crippen LogP contribution in [0.5, 0.6) is 0 Å². The molecule has 4 nitrogen and oxygen atoms in total. The fourth-order valence-electron chi connectivity index (χ4n) is 2.54. The lowest BCUT2D eigenvalue weighted by atomic mass is 10.1. The number of ether oxygens (including phenoxy) is 1. The minimum absolute atomic E-state index is 0.0133. The molecule has 1 fully saturated rings. The van der Waals surface area contributed by atoms with Crippen LogP contribution >= 0.6 is 0 Å². The zero-order valence-electron chi connectivity index (χ0n) is 11.9. The second kappa shape index (κ2) is 6.02. The first kappa shape index (κ1) is 14.3. The van der Waals surface area contributed by atoms with Gasteiger partial charge in [-0.05, 0) is 35.6 Å². The van der Waals surface area contributed by atoms with Crippen LogP contribution in [0.25, 0.3) is 0 Å². The number of carbonyl (C=O) groups excluding carboxylic acids is 1. The zero-order valence-corrected chi connectivity index (χ0v) is 11.9. The Hall–Kier alpha value is -2.62. The van der Waals surface area contributed by atoms with E-state index in [-0.39, 0.29) is 18.4 Å². The van der Waals surface area contributed by atoms with Gasteiger partial charge in [0.2, 0.25) is 0 Å². The van der Waals surface area contributed by atoms with E-state index in [2.05, 4.69) is 0 Å². The number of carboxylic acid groups (broad SMARTS) is 1. The van der Waals surface area contributed by atoms with Crippen LogP contribution in [0.2, 0.25) is 0 Å². The molecule has 2 aromatic rings. The summed E-state index contributed by atoms with van der Waals surface area (Å²) in [4.78, 5) is 23.0. The number of carbonyl (C=O) groups is 2. The molecule has 0 spiro atoms. The Bertz CT molecular complexity index is 693. The third-order valence-electron chi connectivity index (χ3n) is 3.87. The average molecular weight is 296 g/mol. The highest BCUT2D eigenvalue weighted by Crippen LogP contribution is 2.47. The summed E-state index contributed by atoms with van der Waals surface area (Å²) in [6.07, 6.45) is 0.637. The van der Waals surface area contributed by atoms with Crippen LogP contribution in [-0.4, -0.2) is 17.0 Å². The van der Waals surface area contributed by atoms with E-state index < -0.39 is 11.9 Å². The molecule has 1 aliphatic carbocycles. The second-order valence-electron chi connectivity index (χ2n) is 5.47. The number of benzene rings is 2. The molecule has 0 radical (unpaired) electrons. The summed E-state index contributed by atoms with van der Waals surface area (Å²) in [6.45, 7) is 0.227. The molecule has 2 atom stereocenters. The van der Waals surface area contributed by atoms with Crippen molar-refractivity contribution in [1.29, 1.82) is 0 Å².